The fraction of sp³-hybridized carbons (Fsp3) is 0.286. The molecular formula is C28H37NS. The second-order valence-electron chi connectivity index (χ2n) is 7.61. The molecule has 0 saturated heterocycles. The molecule has 0 radical (unpaired) electrons. The average Bonchev–Trinajstić information content (AvgIpc) is 2.70. The molecule has 0 unspecified atom stereocenters. The molecule has 1 nitrogen and oxygen atoms in total. The van der Waals surface area contributed by atoms with E-state index >= 15 is 0 Å². The Kier molecular flexibility index (Phi) is 10.5. The van der Waals surface area contributed by atoms with Crippen molar-refractivity contribution in [2.24, 2.45) is 0 Å². The SMILES string of the molecule is C=C/C=C\N(C)/C(C)=C(\C=C)C(=C)S/C(CC(=C)C)=C(/C)c1cc(C)ccc1CC. The fourth-order valence-electron chi connectivity index (χ4n) is 3.18. The first kappa shape index (κ1) is 25.6. The van der Waals surface area contributed by atoms with Crippen molar-refractivity contribution in [2.75, 3.05) is 7.05 Å². The maximum Gasteiger partial charge on any atom is 0.0223 e. The third kappa shape index (κ3) is 7.11. The van der Waals surface area contributed by atoms with Gasteiger partial charge in [0.2, 0.25) is 0 Å². The Balaban J connectivity index is 3.45. The van der Waals surface area contributed by atoms with E-state index in [1.165, 1.54) is 27.2 Å². The highest BCUT2D eigenvalue weighted by Crippen LogP contribution is 2.40. The summed E-state index contributed by atoms with van der Waals surface area (Å²) in [5.41, 5.74) is 8.54. The van der Waals surface area contributed by atoms with Crippen LogP contribution < -0.4 is 0 Å². The van der Waals surface area contributed by atoms with Crippen molar-refractivity contribution in [3.8, 4) is 0 Å². The van der Waals surface area contributed by atoms with Crippen LogP contribution in [-0.2, 0) is 6.42 Å². The fourth-order valence-corrected chi connectivity index (χ4v) is 4.40. The van der Waals surface area contributed by atoms with Crippen molar-refractivity contribution in [3.63, 3.8) is 0 Å². The second-order valence-corrected chi connectivity index (χ2v) is 8.80. The van der Waals surface area contributed by atoms with Gasteiger partial charge >= 0.3 is 0 Å². The normalized spacial score (nSPS) is 12.9. The number of aryl methyl sites for hydroxylation is 2. The van der Waals surface area contributed by atoms with Crippen molar-refractivity contribution in [3.05, 3.63) is 112 Å². The molecule has 1 aromatic rings. The molecule has 1 aromatic carbocycles. The molecular weight excluding hydrogens is 382 g/mol. The Hall–Kier alpha value is -2.45. The van der Waals surface area contributed by atoms with Crippen LogP contribution in [0.25, 0.3) is 5.57 Å². The summed E-state index contributed by atoms with van der Waals surface area (Å²) < 4.78 is 0. The zero-order valence-corrected chi connectivity index (χ0v) is 20.5. The highest BCUT2D eigenvalue weighted by Gasteiger charge is 2.14. The van der Waals surface area contributed by atoms with Crippen molar-refractivity contribution in [1.82, 2.24) is 4.90 Å². The first-order chi connectivity index (χ1) is 14.2. The molecule has 2 heteroatoms. The van der Waals surface area contributed by atoms with Gasteiger partial charge in [-0.1, -0.05) is 86.5 Å². The predicted octanol–water partition coefficient (Wildman–Crippen LogP) is 8.59. The summed E-state index contributed by atoms with van der Waals surface area (Å²) in [6.45, 7) is 27.1. The molecule has 0 atom stereocenters. The number of benzene rings is 1. The minimum absolute atomic E-state index is 0.836. The van der Waals surface area contributed by atoms with Crippen molar-refractivity contribution < 1.29 is 0 Å². The van der Waals surface area contributed by atoms with Gasteiger partial charge in [0, 0.05) is 29.4 Å². The molecule has 0 heterocycles. The third-order valence-electron chi connectivity index (χ3n) is 5.05. The molecule has 0 amide bonds. The number of hydrogen-bond donors (Lipinski definition) is 0. The molecule has 0 N–H and O–H groups in total. The molecule has 0 bridgehead atoms. The van der Waals surface area contributed by atoms with Crippen LogP contribution in [0.5, 0.6) is 0 Å². The van der Waals surface area contributed by atoms with E-state index < -0.39 is 0 Å². The molecule has 0 saturated carbocycles. The van der Waals surface area contributed by atoms with E-state index in [0.29, 0.717) is 0 Å². The lowest BCUT2D eigenvalue weighted by molar-refractivity contribution is 0.566. The zero-order chi connectivity index (χ0) is 22.8. The molecule has 0 aliphatic rings. The van der Waals surface area contributed by atoms with Crippen molar-refractivity contribution in [1.29, 1.82) is 0 Å². The van der Waals surface area contributed by atoms with Crippen LogP contribution >= 0.6 is 11.8 Å². The molecule has 0 fully saturated rings. The third-order valence-corrected chi connectivity index (χ3v) is 6.21. The van der Waals surface area contributed by atoms with Crippen LogP contribution in [0.15, 0.2) is 95.6 Å². The van der Waals surface area contributed by atoms with Crippen LogP contribution in [0.2, 0.25) is 0 Å². The minimum atomic E-state index is 0.836. The highest BCUT2D eigenvalue weighted by molar-refractivity contribution is 8.07. The largest absolute Gasteiger partial charge is 0.354 e. The Morgan fingerprint density at radius 2 is 1.80 bits per heavy atom. The van der Waals surface area contributed by atoms with E-state index in [-0.39, 0.29) is 0 Å². The summed E-state index contributed by atoms with van der Waals surface area (Å²) in [4.78, 5) is 4.33. The second kappa shape index (κ2) is 12.3. The predicted molar refractivity (Wildman–Crippen MR) is 139 cm³/mol. The van der Waals surface area contributed by atoms with Gasteiger partial charge in [0.25, 0.3) is 0 Å². The lowest BCUT2D eigenvalue weighted by atomic mass is 9.95. The molecule has 0 aliphatic heterocycles. The van der Waals surface area contributed by atoms with Gasteiger partial charge in [-0.25, -0.2) is 0 Å². The standard InChI is InChI=1S/C28H37NS/c1-11-14-17-29(10)23(8)26(13-3)24(9)30-28(18-20(4)5)22(7)27-19-21(6)15-16-25(27)12-2/h11,13-17,19H,1,3-4,9,12,18H2,2,5-8,10H3/b17-14-,26-23+,28-22-. The maximum atomic E-state index is 4.39. The monoisotopic (exact) mass is 419 g/mol. The maximum absolute atomic E-state index is 4.39. The summed E-state index contributed by atoms with van der Waals surface area (Å²) in [5, 5.41) is 0. The quantitative estimate of drug-likeness (QED) is 0.261. The van der Waals surface area contributed by atoms with Gasteiger partial charge in [-0.3, -0.25) is 0 Å². The van der Waals surface area contributed by atoms with Gasteiger partial charge in [0.05, 0.1) is 0 Å². The summed E-state index contributed by atoms with van der Waals surface area (Å²) in [7, 11) is 2.02. The van der Waals surface area contributed by atoms with Crippen molar-refractivity contribution in [2.45, 2.75) is 47.5 Å². The van der Waals surface area contributed by atoms with Crippen LogP contribution in [-0.4, -0.2) is 11.9 Å². The molecule has 1 rings (SSSR count). The Morgan fingerprint density at radius 1 is 1.13 bits per heavy atom. The number of hydrogen-bond acceptors (Lipinski definition) is 2. The van der Waals surface area contributed by atoms with Gasteiger partial charge in [-0.2, -0.15) is 0 Å². The first-order valence-corrected chi connectivity index (χ1v) is 11.1. The first-order valence-electron chi connectivity index (χ1n) is 10.3. The number of allylic oxidation sites excluding steroid dienone is 8. The lowest BCUT2D eigenvalue weighted by Crippen LogP contribution is -2.10. The molecule has 0 aromatic heterocycles. The Morgan fingerprint density at radius 3 is 2.33 bits per heavy atom. The van der Waals surface area contributed by atoms with Gasteiger partial charge in [-0.05, 0) is 68.2 Å². The molecule has 160 valence electrons. The van der Waals surface area contributed by atoms with E-state index in [2.05, 4.69) is 84.0 Å². The van der Waals surface area contributed by atoms with Crippen LogP contribution in [0, 0.1) is 6.92 Å². The summed E-state index contributed by atoms with van der Waals surface area (Å²) >= 11 is 1.73. The topological polar surface area (TPSA) is 3.24 Å². The average molecular weight is 420 g/mol. The number of rotatable bonds is 11. The van der Waals surface area contributed by atoms with Crippen molar-refractivity contribution >= 4 is 17.3 Å². The highest BCUT2D eigenvalue weighted by atomic mass is 32.2. The molecule has 0 spiro atoms. The van der Waals surface area contributed by atoms with Gasteiger partial charge in [0.1, 0.15) is 0 Å². The minimum Gasteiger partial charge on any atom is -0.354 e. The zero-order valence-electron chi connectivity index (χ0n) is 19.6. The van der Waals surface area contributed by atoms with Gasteiger partial charge in [0.15, 0.2) is 0 Å². The Bertz CT molecular complexity index is 909. The van der Waals surface area contributed by atoms with Gasteiger partial charge < -0.3 is 4.90 Å². The number of nitrogens with zero attached hydrogens (tertiary/aromatic N) is 1. The summed E-state index contributed by atoms with van der Waals surface area (Å²) in [6, 6.07) is 6.72. The van der Waals surface area contributed by atoms with Crippen LogP contribution in [0.4, 0.5) is 0 Å². The number of thioether (sulfide) groups is 1. The Labute approximate surface area is 189 Å². The molecule has 0 aliphatic carbocycles. The van der Waals surface area contributed by atoms with E-state index in [9.17, 15) is 0 Å². The lowest BCUT2D eigenvalue weighted by Gasteiger charge is -2.21. The smallest absolute Gasteiger partial charge is 0.0223 e. The summed E-state index contributed by atoms with van der Waals surface area (Å²) in [5.74, 6) is 0. The van der Waals surface area contributed by atoms with Crippen LogP contribution in [0.1, 0.15) is 50.8 Å². The van der Waals surface area contributed by atoms with Crippen LogP contribution in [0.3, 0.4) is 0 Å². The molecule has 30 heavy (non-hydrogen) atoms. The van der Waals surface area contributed by atoms with Gasteiger partial charge in [-0.15, -0.1) is 0 Å². The van der Waals surface area contributed by atoms with E-state index in [4.69, 9.17) is 0 Å². The summed E-state index contributed by atoms with van der Waals surface area (Å²) in [6.07, 6.45) is 9.41. The van der Waals surface area contributed by atoms with E-state index in [1.54, 1.807) is 17.8 Å². The van der Waals surface area contributed by atoms with E-state index in [1.807, 2.05) is 25.4 Å². The van der Waals surface area contributed by atoms with E-state index in [0.717, 1.165) is 34.6 Å².